The van der Waals surface area contributed by atoms with Gasteiger partial charge in [-0.15, -0.1) is 0 Å². The minimum Gasteiger partial charge on any atom is -0.460 e. The predicted molar refractivity (Wildman–Crippen MR) is 81.1 cm³/mol. The molecular formula is C17H24O5. The molecule has 22 heavy (non-hydrogen) atoms. The molecule has 0 radical (unpaired) electrons. The average Bonchev–Trinajstić information content (AvgIpc) is 2.52. The summed E-state index contributed by atoms with van der Waals surface area (Å²) in [5, 5.41) is 10.2. The Kier molecular flexibility index (Phi) is 5.94. The van der Waals surface area contributed by atoms with E-state index >= 15 is 0 Å². The van der Waals surface area contributed by atoms with E-state index in [0.29, 0.717) is 13.2 Å². The lowest BCUT2D eigenvalue weighted by atomic mass is 9.85. The van der Waals surface area contributed by atoms with Crippen LogP contribution >= 0.6 is 0 Å². The van der Waals surface area contributed by atoms with Crippen molar-refractivity contribution in [1.82, 2.24) is 0 Å². The Bertz CT molecular complexity index is 475. The van der Waals surface area contributed by atoms with Gasteiger partial charge in [-0.25, -0.2) is 4.79 Å². The summed E-state index contributed by atoms with van der Waals surface area (Å²) in [7, 11) is 1.40. The summed E-state index contributed by atoms with van der Waals surface area (Å²) in [6, 6.07) is 9.90. The van der Waals surface area contributed by atoms with E-state index in [0.717, 1.165) is 5.56 Å². The normalized spacial score (nSPS) is 29.9. The van der Waals surface area contributed by atoms with Crippen molar-refractivity contribution in [2.24, 2.45) is 11.8 Å². The molecule has 5 nitrogen and oxygen atoms in total. The molecule has 1 aromatic carbocycles. The van der Waals surface area contributed by atoms with Crippen LogP contribution in [0.2, 0.25) is 0 Å². The zero-order valence-electron chi connectivity index (χ0n) is 13.3. The Hall–Kier alpha value is -1.43. The van der Waals surface area contributed by atoms with Gasteiger partial charge in [0.05, 0.1) is 19.3 Å². The Balaban J connectivity index is 1.86. The number of ether oxygens (including phenoxy) is 3. The maximum absolute atomic E-state index is 11.8. The summed E-state index contributed by atoms with van der Waals surface area (Å²) in [6.07, 6.45) is -2.12. The smallest absolute Gasteiger partial charge is 0.338 e. The number of carbonyl (C=O) groups excluding carboxylic acids is 1. The summed E-state index contributed by atoms with van der Waals surface area (Å²) in [5.41, 5.74) is 1.10. The van der Waals surface area contributed by atoms with E-state index in [1.165, 1.54) is 7.11 Å². The lowest BCUT2D eigenvalue weighted by Gasteiger charge is -2.39. The van der Waals surface area contributed by atoms with Gasteiger partial charge in [0.25, 0.3) is 0 Å². The Morgan fingerprint density at radius 1 is 1.32 bits per heavy atom. The van der Waals surface area contributed by atoms with Gasteiger partial charge in [-0.1, -0.05) is 44.2 Å². The highest BCUT2D eigenvalue weighted by Crippen LogP contribution is 2.29. The molecule has 1 fully saturated rings. The molecule has 0 spiro atoms. The van der Waals surface area contributed by atoms with Crippen LogP contribution in [0.1, 0.15) is 19.4 Å². The molecule has 0 unspecified atom stereocenters. The third-order valence-corrected chi connectivity index (χ3v) is 4.16. The first-order chi connectivity index (χ1) is 10.5. The molecule has 0 aromatic heterocycles. The van der Waals surface area contributed by atoms with Gasteiger partial charge in [0, 0.05) is 18.9 Å². The van der Waals surface area contributed by atoms with Crippen molar-refractivity contribution >= 4 is 5.97 Å². The number of carbonyl (C=O) groups is 1. The van der Waals surface area contributed by atoms with Crippen molar-refractivity contribution < 1.29 is 24.1 Å². The molecule has 5 heteroatoms. The van der Waals surface area contributed by atoms with Crippen molar-refractivity contribution in [1.29, 1.82) is 0 Å². The van der Waals surface area contributed by atoms with E-state index in [-0.39, 0.29) is 17.9 Å². The van der Waals surface area contributed by atoms with E-state index in [1.807, 2.05) is 44.2 Å². The van der Waals surface area contributed by atoms with Crippen LogP contribution in [0.5, 0.6) is 0 Å². The molecule has 1 aliphatic rings. The van der Waals surface area contributed by atoms with Crippen molar-refractivity contribution in [3.63, 3.8) is 0 Å². The first kappa shape index (κ1) is 16.9. The highest BCUT2D eigenvalue weighted by molar-refractivity contribution is 5.76. The minimum absolute atomic E-state index is 0.00452. The summed E-state index contributed by atoms with van der Waals surface area (Å²) in [4.78, 5) is 11.8. The number of hydrogen-bond donors (Lipinski definition) is 1. The van der Waals surface area contributed by atoms with E-state index < -0.39 is 18.2 Å². The molecule has 0 bridgehead atoms. The second kappa shape index (κ2) is 7.72. The number of benzene rings is 1. The molecule has 122 valence electrons. The number of aliphatic hydroxyl groups excluding tert-OH is 1. The van der Waals surface area contributed by atoms with Crippen LogP contribution in [-0.2, 0) is 25.6 Å². The topological polar surface area (TPSA) is 65.0 Å². The summed E-state index contributed by atoms with van der Waals surface area (Å²) in [6.45, 7) is 4.80. The number of rotatable bonds is 6. The van der Waals surface area contributed by atoms with Gasteiger partial charge in [0.1, 0.15) is 6.10 Å². The van der Waals surface area contributed by atoms with Gasteiger partial charge < -0.3 is 19.3 Å². The van der Waals surface area contributed by atoms with E-state index in [4.69, 9.17) is 14.2 Å². The molecule has 0 saturated carbocycles. The Morgan fingerprint density at radius 3 is 2.64 bits per heavy atom. The van der Waals surface area contributed by atoms with Crippen LogP contribution in [0.3, 0.4) is 0 Å². The highest BCUT2D eigenvalue weighted by atomic mass is 16.6. The van der Waals surface area contributed by atoms with Crippen LogP contribution in [0.15, 0.2) is 30.3 Å². The second-order valence-electron chi connectivity index (χ2n) is 5.89. The molecule has 1 aliphatic heterocycles. The van der Waals surface area contributed by atoms with Gasteiger partial charge >= 0.3 is 5.97 Å². The lowest BCUT2D eigenvalue weighted by molar-refractivity contribution is -0.200. The highest BCUT2D eigenvalue weighted by Gasteiger charge is 2.45. The van der Waals surface area contributed by atoms with Crippen molar-refractivity contribution in [2.75, 3.05) is 13.7 Å². The lowest BCUT2D eigenvalue weighted by Crippen LogP contribution is -2.54. The van der Waals surface area contributed by atoms with Crippen LogP contribution in [0.4, 0.5) is 0 Å². The molecule has 0 aliphatic carbocycles. The monoisotopic (exact) mass is 308 g/mol. The molecular weight excluding hydrogens is 284 g/mol. The number of methoxy groups -OCH3 is 1. The quantitative estimate of drug-likeness (QED) is 0.812. The van der Waals surface area contributed by atoms with E-state index in [9.17, 15) is 9.90 Å². The SMILES string of the molecule is CO[C@H]1C(=O)O[C@@H]([C@@H](C)COCc2ccccc2)[C@@H](C)[C@@H]1O. The fourth-order valence-corrected chi connectivity index (χ4v) is 2.82. The maximum Gasteiger partial charge on any atom is 0.338 e. The van der Waals surface area contributed by atoms with Crippen molar-refractivity contribution in [2.45, 2.75) is 38.8 Å². The van der Waals surface area contributed by atoms with E-state index in [1.54, 1.807) is 0 Å². The van der Waals surface area contributed by atoms with Gasteiger partial charge in [-0.05, 0) is 5.56 Å². The van der Waals surface area contributed by atoms with Crippen LogP contribution in [0, 0.1) is 11.8 Å². The molecule has 0 amide bonds. The molecule has 1 aromatic rings. The summed E-state index contributed by atoms with van der Waals surface area (Å²) in [5.74, 6) is -0.707. The minimum atomic E-state index is -0.899. The van der Waals surface area contributed by atoms with Crippen molar-refractivity contribution in [3.8, 4) is 0 Å². The van der Waals surface area contributed by atoms with Crippen LogP contribution < -0.4 is 0 Å². The molecule has 1 N–H and O–H groups in total. The standard InChI is InChI=1S/C17H24O5/c1-11(9-21-10-13-7-5-4-6-8-13)15-12(2)14(18)16(20-3)17(19)22-15/h4-8,11-12,14-16,18H,9-10H2,1-3H3/t11-,12-,14-,15-,16+/m0/s1. The molecule has 1 heterocycles. The number of esters is 1. The zero-order valence-corrected chi connectivity index (χ0v) is 13.3. The largest absolute Gasteiger partial charge is 0.460 e. The van der Waals surface area contributed by atoms with Crippen molar-refractivity contribution in [3.05, 3.63) is 35.9 Å². The second-order valence-corrected chi connectivity index (χ2v) is 5.89. The summed E-state index contributed by atoms with van der Waals surface area (Å²) >= 11 is 0. The third-order valence-electron chi connectivity index (χ3n) is 4.16. The van der Waals surface area contributed by atoms with Gasteiger partial charge in [-0.3, -0.25) is 0 Å². The van der Waals surface area contributed by atoms with Crippen LogP contribution in [-0.4, -0.2) is 43.1 Å². The Labute approximate surface area is 131 Å². The average molecular weight is 308 g/mol. The van der Waals surface area contributed by atoms with Gasteiger partial charge in [0.15, 0.2) is 6.10 Å². The zero-order chi connectivity index (χ0) is 16.1. The molecule has 5 atom stereocenters. The summed E-state index contributed by atoms with van der Waals surface area (Å²) < 4.78 is 16.1. The number of hydrogen-bond acceptors (Lipinski definition) is 5. The number of cyclic esters (lactones) is 1. The number of aliphatic hydroxyl groups is 1. The first-order valence-electron chi connectivity index (χ1n) is 7.57. The van der Waals surface area contributed by atoms with Gasteiger partial charge in [-0.2, -0.15) is 0 Å². The Morgan fingerprint density at radius 2 is 2.00 bits per heavy atom. The third kappa shape index (κ3) is 3.85. The fraction of sp³-hybridized carbons (Fsp3) is 0.588. The molecule has 1 saturated heterocycles. The van der Waals surface area contributed by atoms with Gasteiger partial charge in [0.2, 0.25) is 0 Å². The molecule has 2 rings (SSSR count). The first-order valence-corrected chi connectivity index (χ1v) is 7.57. The maximum atomic E-state index is 11.8. The van der Waals surface area contributed by atoms with Crippen LogP contribution in [0.25, 0.3) is 0 Å². The fourth-order valence-electron chi connectivity index (χ4n) is 2.82. The predicted octanol–water partition coefficient (Wildman–Crippen LogP) is 1.78. The van der Waals surface area contributed by atoms with E-state index in [2.05, 4.69) is 0 Å².